The maximum absolute atomic E-state index is 12.7. The lowest BCUT2D eigenvalue weighted by molar-refractivity contribution is -0.123. The Morgan fingerprint density at radius 3 is 2.44 bits per heavy atom. The van der Waals surface area contributed by atoms with E-state index < -0.39 is 6.04 Å². The fourth-order valence-corrected chi connectivity index (χ4v) is 3.93. The van der Waals surface area contributed by atoms with E-state index in [4.69, 9.17) is 11.6 Å². The molecular formula is C23H22ClN5O3. The van der Waals surface area contributed by atoms with Gasteiger partial charge < -0.3 is 16.0 Å². The Morgan fingerprint density at radius 2 is 1.81 bits per heavy atom. The van der Waals surface area contributed by atoms with Crippen molar-refractivity contribution in [2.75, 3.05) is 16.0 Å². The summed E-state index contributed by atoms with van der Waals surface area (Å²) in [7, 11) is 0. The summed E-state index contributed by atoms with van der Waals surface area (Å²) in [5, 5.41) is 13.5. The Bertz CT molecular complexity index is 1200. The summed E-state index contributed by atoms with van der Waals surface area (Å²) < 4.78 is 1.59. The summed E-state index contributed by atoms with van der Waals surface area (Å²) in [4.78, 5) is 36.4. The first-order valence-electron chi connectivity index (χ1n) is 10.2. The molecule has 0 spiro atoms. The highest BCUT2D eigenvalue weighted by Gasteiger charge is 2.36. The summed E-state index contributed by atoms with van der Waals surface area (Å²) in [5.41, 5.74) is 3.70. The molecule has 0 saturated carbocycles. The number of hydrogen-bond acceptors (Lipinski definition) is 4. The minimum absolute atomic E-state index is 0.0634. The Kier molecular flexibility index (Phi) is 5.96. The molecule has 32 heavy (non-hydrogen) atoms. The molecule has 3 aromatic rings. The molecule has 2 heterocycles. The smallest absolute Gasteiger partial charge is 0.251 e. The number of anilines is 3. The van der Waals surface area contributed by atoms with Crippen LogP contribution in [-0.4, -0.2) is 27.5 Å². The van der Waals surface area contributed by atoms with Gasteiger partial charge in [-0.05, 0) is 48.4 Å². The van der Waals surface area contributed by atoms with Crippen molar-refractivity contribution in [3.63, 3.8) is 0 Å². The highest BCUT2D eigenvalue weighted by atomic mass is 35.5. The number of hydrogen-bond donors (Lipinski definition) is 3. The molecule has 9 heteroatoms. The van der Waals surface area contributed by atoms with Crippen LogP contribution in [0, 0.1) is 0 Å². The molecule has 0 aliphatic carbocycles. The number of carbonyl (C=O) groups excluding carboxylic acids is 3. The van der Waals surface area contributed by atoms with E-state index in [9.17, 15) is 14.4 Å². The standard InChI is InChI=1S/C23H22ClN5O3/c1-3-18-21(14-5-4-6-15(24)11-14)22-27-23(32)19(29(22)28-18)12-20(31)26-17-9-7-16(8-10-17)25-13(2)30/h4-11,19H,3,12H2,1-2H3,(H,25,30)(H,26,31)(H,27,32). The monoisotopic (exact) mass is 451 g/mol. The molecule has 2 aromatic carbocycles. The number of nitrogens with zero attached hydrogens (tertiary/aromatic N) is 2. The average molecular weight is 452 g/mol. The highest BCUT2D eigenvalue weighted by molar-refractivity contribution is 6.30. The fraction of sp³-hybridized carbons (Fsp3) is 0.217. The molecule has 0 fully saturated rings. The molecule has 1 aromatic heterocycles. The number of rotatable bonds is 6. The van der Waals surface area contributed by atoms with Gasteiger partial charge in [-0.15, -0.1) is 0 Å². The van der Waals surface area contributed by atoms with Crippen molar-refractivity contribution in [2.24, 2.45) is 0 Å². The van der Waals surface area contributed by atoms with Crippen LogP contribution in [0.25, 0.3) is 11.1 Å². The molecule has 3 N–H and O–H groups in total. The number of aryl methyl sites for hydroxylation is 1. The van der Waals surface area contributed by atoms with Crippen molar-refractivity contribution in [3.8, 4) is 11.1 Å². The third kappa shape index (κ3) is 4.36. The molecule has 0 radical (unpaired) electrons. The van der Waals surface area contributed by atoms with Crippen LogP contribution >= 0.6 is 11.6 Å². The minimum atomic E-state index is -0.748. The van der Waals surface area contributed by atoms with Crippen molar-refractivity contribution in [1.29, 1.82) is 0 Å². The van der Waals surface area contributed by atoms with Gasteiger partial charge in [-0.1, -0.05) is 30.7 Å². The molecule has 0 bridgehead atoms. The largest absolute Gasteiger partial charge is 0.326 e. The van der Waals surface area contributed by atoms with Crippen LogP contribution < -0.4 is 16.0 Å². The van der Waals surface area contributed by atoms with Gasteiger partial charge in [0.2, 0.25) is 11.8 Å². The van der Waals surface area contributed by atoms with E-state index in [1.807, 2.05) is 25.1 Å². The zero-order valence-corrected chi connectivity index (χ0v) is 18.4. The molecule has 4 rings (SSSR count). The zero-order valence-electron chi connectivity index (χ0n) is 17.6. The Morgan fingerprint density at radius 1 is 1.12 bits per heavy atom. The Hall–Kier alpha value is -3.65. The Balaban J connectivity index is 1.53. The SMILES string of the molecule is CCc1nn2c(c1-c1cccc(Cl)c1)NC(=O)C2CC(=O)Nc1ccc(NC(C)=O)cc1. The normalized spacial score (nSPS) is 14.6. The highest BCUT2D eigenvalue weighted by Crippen LogP contribution is 2.39. The molecule has 1 aliphatic heterocycles. The van der Waals surface area contributed by atoms with Crippen molar-refractivity contribution in [3.05, 3.63) is 59.2 Å². The van der Waals surface area contributed by atoms with Gasteiger partial charge in [0.15, 0.2) is 0 Å². The lowest BCUT2D eigenvalue weighted by Gasteiger charge is -2.11. The van der Waals surface area contributed by atoms with Crippen molar-refractivity contribution >= 4 is 46.5 Å². The van der Waals surface area contributed by atoms with Gasteiger partial charge in [-0.25, -0.2) is 4.68 Å². The molecule has 0 saturated heterocycles. The predicted molar refractivity (Wildman–Crippen MR) is 124 cm³/mol. The van der Waals surface area contributed by atoms with Crippen molar-refractivity contribution in [2.45, 2.75) is 32.7 Å². The van der Waals surface area contributed by atoms with Crippen LogP contribution in [0.2, 0.25) is 5.02 Å². The van der Waals surface area contributed by atoms with E-state index in [0.717, 1.165) is 16.8 Å². The lowest BCUT2D eigenvalue weighted by atomic mass is 10.0. The zero-order chi connectivity index (χ0) is 22.8. The number of benzene rings is 2. The first kappa shape index (κ1) is 21.6. The molecular weight excluding hydrogens is 430 g/mol. The van der Waals surface area contributed by atoms with Gasteiger partial charge in [-0.3, -0.25) is 14.4 Å². The van der Waals surface area contributed by atoms with E-state index in [2.05, 4.69) is 21.0 Å². The first-order valence-corrected chi connectivity index (χ1v) is 10.6. The fourth-order valence-electron chi connectivity index (χ4n) is 3.74. The third-order valence-corrected chi connectivity index (χ3v) is 5.37. The van der Waals surface area contributed by atoms with Gasteiger partial charge in [0.1, 0.15) is 11.9 Å². The summed E-state index contributed by atoms with van der Waals surface area (Å²) in [6.07, 6.45) is 0.601. The summed E-state index contributed by atoms with van der Waals surface area (Å²) in [5.74, 6) is -0.197. The van der Waals surface area contributed by atoms with Crippen LogP contribution in [0.5, 0.6) is 0 Å². The van der Waals surface area contributed by atoms with Crippen molar-refractivity contribution < 1.29 is 14.4 Å². The van der Waals surface area contributed by atoms with Crippen LogP contribution in [0.15, 0.2) is 48.5 Å². The van der Waals surface area contributed by atoms with E-state index in [-0.39, 0.29) is 24.1 Å². The number of fused-ring (bicyclic) bond motifs is 1. The van der Waals surface area contributed by atoms with Gasteiger partial charge >= 0.3 is 0 Å². The van der Waals surface area contributed by atoms with Gasteiger partial charge in [0.05, 0.1) is 12.1 Å². The Labute approximate surface area is 190 Å². The van der Waals surface area contributed by atoms with E-state index in [0.29, 0.717) is 28.6 Å². The van der Waals surface area contributed by atoms with Gasteiger partial charge in [-0.2, -0.15) is 5.10 Å². The molecule has 1 aliphatic rings. The topological polar surface area (TPSA) is 105 Å². The first-order chi connectivity index (χ1) is 15.4. The van der Waals surface area contributed by atoms with Crippen LogP contribution in [0.1, 0.15) is 32.0 Å². The van der Waals surface area contributed by atoms with E-state index in [1.54, 1.807) is 35.0 Å². The molecule has 8 nitrogen and oxygen atoms in total. The maximum atomic E-state index is 12.7. The molecule has 1 atom stereocenters. The summed E-state index contributed by atoms with van der Waals surface area (Å²) >= 11 is 6.16. The van der Waals surface area contributed by atoms with Crippen LogP contribution in [0.3, 0.4) is 0 Å². The number of amides is 3. The number of nitrogens with one attached hydrogen (secondary N) is 3. The summed E-state index contributed by atoms with van der Waals surface area (Å²) in [6, 6.07) is 13.4. The lowest BCUT2D eigenvalue weighted by Crippen LogP contribution is -2.24. The predicted octanol–water partition coefficient (Wildman–Crippen LogP) is 4.25. The van der Waals surface area contributed by atoms with E-state index >= 15 is 0 Å². The molecule has 164 valence electrons. The van der Waals surface area contributed by atoms with Crippen molar-refractivity contribution in [1.82, 2.24) is 9.78 Å². The summed E-state index contributed by atoms with van der Waals surface area (Å²) in [6.45, 7) is 3.41. The molecule has 3 amide bonds. The number of halogens is 1. The number of aromatic nitrogens is 2. The minimum Gasteiger partial charge on any atom is -0.326 e. The quantitative estimate of drug-likeness (QED) is 0.521. The average Bonchev–Trinajstić information content (AvgIpc) is 3.24. The number of carbonyl (C=O) groups is 3. The third-order valence-electron chi connectivity index (χ3n) is 5.14. The second-order valence-corrected chi connectivity index (χ2v) is 7.93. The van der Waals surface area contributed by atoms with Gasteiger partial charge in [0.25, 0.3) is 5.91 Å². The molecule has 1 unspecified atom stereocenters. The van der Waals surface area contributed by atoms with E-state index in [1.165, 1.54) is 6.92 Å². The van der Waals surface area contributed by atoms with Crippen LogP contribution in [0.4, 0.5) is 17.2 Å². The second-order valence-electron chi connectivity index (χ2n) is 7.49. The van der Waals surface area contributed by atoms with Gasteiger partial charge in [0, 0.05) is 28.9 Å². The second kappa shape index (κ2) is 8.84. The van der Waals surface area contributed by atoms with Crippen LogP contribution in [-0.2, 0) is 20.8 Å². The maximum Gasteiger partial charge on any atom is 0.251 e.